The number of aryl methyl sites for hydroxylation is 2. The van der Waals surface area contributed by atoms with Crippen LogP contribution in [0.5, 0.6) is 0 Å². The number of hydrogen-bond acceptors (Lipinski definition) is 2. The van der Waals surface area contributed by atoms with Crippen molar-refractivity contribution in [1.29, 1.82) is 0 Å². The zero-order valence-corrected chi connectivity index (χ0v) is 10.7. The molecule has 0 spiro atoms. The van der Waals surface area contributed by atoms with Crippen molar-refractivity contribution in [3.63, 3.8) is 0 Å². The molecule has 0 saturated heterocycles. The number of rotatable bonds is 1. The Morgan fingerprint density at radius 3 is 2.78 bits per heavy atom. The molecule has 3 rings (SSSR count). The lowest BCUT2D eigenvalue weighted by Gasteiger charge is -2.32. The Labute approximate surface area is 108 Å². The van der Waals surface area contributed by atoms with Gasteiger partial charge in [-0.25, -0.2) is 0 Å². The third-order valence-corrected chi connectivity index (χ3v) is 3.59. The molecule has 2 N–H and O–H groups in total. The molecule has 0 aliphatic carbocycles. The average Bonchev–Trinajstić information content (AvgIpc) is 2.41. The highest BCUT2D eigenvalue weighted by molar-refractivity contribution is 5.77. The maximum atomic E-state index is 6.14. The summed E-state index contributed by atoms with van der Waals surface area (Å²) < 4.78 is 0. The molecule has 0 saturated carbocycles. The van der Waals surface area contributed by atoms with Crippen LogP contribution in [0.25, 0.3) is 0 Å². The van der Waals surface area contributed by atoms with Crippen molar-refractivity contribution in [3.05, 3.63) is 53.6 Å². The van der Waals surface area contributed by atoms with Crippen LogP contribution >= 0.6 is 0 Å². The van der Waals surface area contributed by atoms with Crippen LogP contribution in [0, 0.1) is 6.92 Å². The number of anilines is 3. The fourth-order valence-corrected chi connectivity index (χ4v) is 2.67. The second kappa shape index (κ2) is 4.37. The van der Waals surface area contributed by atoms with Gasteiger partial charge in [0.2, 0.25) is 0 Å². The minimum atomic E-state index is 0.859. The summed E-state index contributed by atoms with van der Waals surface area (Å²) in [6.45, 7) is 3.16. The maximum absolute atomic E-state index is 6.14. The second-order valence-corrected chi connectivity index (χ2v) is 4.95. The van der Waals surface area contributed by atoms with Crippen LogP contribution in [0.2, 0.25) is 0 Å². The summed E-state index contributed by atoms with van der Waals surface area (Å²) in [7, 11) is 0. The molecule has 2 nitrogen and oxygen atoms in total. The van der Waals surface area contributed by atoms with Crippen molar-refractivity contribution in [2.24, 2.45) is 0 Å². The van der Waals surface area contributed by atoms with Gasteiger partial charge in [-0.05, 0) is 49.1 Å². The van der Waals surface area contributed by atoms with E-state index in [9.17, 15) is 0 Å². The third kappa shape index (κ3) is 1.84. The molecule has 0 atom stereocenters. The fraction of sp³-hybridized carbons (Fsp3) is 0.250. The van der Waals surface area contributed by atoms with Gasteiger partial charge in [-0.2, -0.15) is 0 Å². The minimum Gasteiger partial charge on any atom is -0.397 e. The van der Waals surface area contributed by atoms with E-state index >= 15 is 0 Å². The largest absolute Gasteiger partial charge is 0.397 e. The quantitative estimate of drug-likeness (QED) is 0.768. The topological polar surface area (TPSA) is 29.3 Å². The highest BCUT2D eigenvalue weighted by Crippen LogP contribution is 2.36. The average molecular weight is 238 g/mol. The van der Waals surface area contributed by atoms with E-state index in [0.717, 1.165) is 17.9 Å². The summed E-state index contributed by atoms with van der Waals surface area (Å²) in [5.41, 5.74) is 12.1. The van der Waals surface area contributed by atoms with Gasteiger partial charge in [-0.3, -0.25) is 0 Å². The lowest BCUT2D eigenvalue weighted by atomic mass is 10.0. The van der Waals surface area contributed by atoms with E-state index in [0.29, 0.717) is 0 Å². The van der Waals surface area contributed by atoms with Crippen molar-refractivity contribution >= 4 is 17.1 Å². The molecule has 1 heterocycles. The summed E-state index contributed by atoms with van der Waals surface area (Å²) >= 11 is 0. The molecular weight excluding hydrogens is 220 g/mol. The van der Waals surface area contributed by atoms with Crippen molar-refractivity contribution in [1.82, 2.24) is 0 Å². The fourth-order valence-electron chi connectivity index (χ4n) is 2.67. The number of hydrogen-bond donors (Lipinski definition) is 1. The van der Waals surface area contributed by atoms with Crippen LogP contribution in [0.4, 0.5) is 17.1 Å². The van der Waals surface area contributed by atoms with Gasteiger partial charge in [-0.15, -0.1) is 0 Å². The smallest absolute Gasteiger partial charge is 0.0647 e. The first-order valence-corrected chi connectivity index (χ1v) is 6.47. The Morgan fingerprint density at radius 1 is 1.06 bits per heavy atom. The molecule has 2 aromatic rings. The molecule has 2 aromatic carbocycles. The molecule has 0 aromatic heterocycles. The van der Waals surface area contributed by atoms with E-state index in [1.807, 2.05) is 6.07 Å². The van der Waals surface area contributed by atoms with Gasteiger partial charge in [0.1, 0.15) is 0 Å². The van der Waals surface area contributed by atoms with Gasteiger partial charge in [-0.1, -0.05) is 24.3 Å². The number of nitrogens with two attached hydrogens (primary N) is 1. The maximum Gasteiger partial charge on any atom is 0.0647 e. The Bertz CT molecular complexity index is 575. The zero-order chi connectivity index (χ0) is 12.5. The molecule has 92 valence electrons. The molecule has 1 aliphatic heterocycles. The van der Waals surface area contributed by atoms with Crippen molar-refractivity contribution in [2.45, 2.75) is 19.8 Å². The zero-order valence-electron chi connectivity index (χ0n) is 10.7. The normalized spacial score (nSPS) is 14.4. The second-order valence-electron chi connectivity index (χ2n) is 4.95. The summed E-state index contributed by atoms with van der Waals surface area (Å²) in [6.07, 6.45) is 2.35. The molecule has 0 unspecified atom stereocenters. The van der Waals surface area contributed by atoms with E-state index in [1.165, 1.54) is 29.7 Å². The number of nitrogens with zero attached hydrogens (tertiary/aromatic N) is 1. The van der Waals surface area contributed by atoms with E-state index in [2.05, 4.69) is 48.2 Å². The van der Waals surface area contributed by atoms with Crippen molar-refractivity contribution < 1.29 is 0 Å². The lowest BCUT2D eigenvalue weighted by molar-refractivity contribution is 0.767. The van der Waals surface area contributed by atoms with E-state index < -0.39 is 0 Å². The summed E-state index contributed by atoms with van der Waals surface area (Å²) in [5, 5.41) is 0. The predicted molar refractivity (Wildman–Crippen MR) is 77.4 cm³/mol. The Kier molecular flexibility index (Phi) is 2.71. The standard InChI is InChI=1S/C16H18N2/c1-12-8-9-14(17)16(11-12)18-10-4-6-13-5-2-3-7-15(13)18/h2-3,5,7-9,11H,4,6,10,17H2,1H3. The van der Waals surface area contributed by atoms with Crippen LogP contribution in [0.1, 0.15) is 17.5 Å². The summed E-state index contributed by atoms with van der Waals surface area (Å²) in [5.74, 6) is 0. The van der Waals surface area contributed by atoms with Crippen LogP contribution in [0.3, 0.4) is 0 Å². The van der Waals surface area contributed by atoms with Crippen molar-refractivity contribution in [2.75, 3.05) is 17.2 Å². The molecule has 18 heavy (non-hydrogen) atoms. The molecule has 1 aliphatic rings. The first-order chi connectivity index (χ1) is 8.75. The number of nitrogen functional groups attached to an aromatic ring is 1. The lowest BCUT2D eigenvalue weighted by Crippen LogP contribution is -2.25. The Hall–Kier alpha value is -1.96. The molecule has 0 radical (unpaired) electrons. The molecule has 0 bridgehead atoms. The summed E-state index contributed by atoms with van der Waals surface area (Å²) in [6, 6.07) is 14.9. The SMILES string of the molecule is Cc1ccc(N)c(N2CCCc3ccccc32)c1. The number of fused-ring (bicyclic) bond motifs is 1. The predicted octanol–water partition coefficient (Wildman–Crippen LogP) is 3.66. The highest BCUT2D eigenvalue weighted by atomic mass is 15.1. The number of para-hydroxylation sites is 1. The first kappa shape index (κ1) is 11.1. The van der Waals surface area contributed by atoms with Gasteiger partial charge in [0.05, 0.1) is 11.4 Å². The van der Waals surface area contributed by atoms with Crippen LogP contribution in [-0.2, 0) is 6.42 Å². The molecule has 0 amide bonds. The molecular formula is C16H18N2. The van der Waals surface area contributed by atoms with Crippen LogP contribution in [-0.4, -0.2) is 6.54 Å². The van der Waals surface area contributed by atoms with E-state index in [4.69, 9.17) is 5.73 Å². The Morgan fingerprint density at radius 2 is 1.89 bits per heavy atom. The van der Waals surface area contributed by atoms with E-state index in [1.54, 1.807) is 0 Å². The van der Waals surface area contributed by atoms with E-state index in [-0.39, 0.29) is 0 Å². The minimum absolute atomic E-state index is 0.859. The van der Waals surface area contributed by atoms with Gasteiger partial charge < -0.3 is 10.6 Å². The van der Waals surface area contributed by atoms with Crippen LogP contribution < -0.4 is 10.6 Å². The van der Waals surface area contributed by atoms with Gasteiger partial charge in [0.25, 0.3) is 0 Å². The van der Waals surface area contributed by atoms with Gasteiger partial charge in [0, 0.05) is 12.2 Å². The molecule has 2 heteroatoms. The first-order valence-electron chi connectivity index (χ1n) is 6.47. The molecule has 0 fully saturated rings. The van der Waals surface area contributed by atoms with Crippen LogP contribution in [0.15, 0.2) is 42.5 Å². The van der Waals surface area contributed by atoms with Crippen molar-refractivity contribution in [3.8, 4) is 0 Å². The number of benzene rings is 2. The Balaban J connectivity index is 2.11. The van der Waals surface area contributed by atoms with Gasteiger partial charge >= 0.3 is 0 Å². The third-order valence-electron chi connectivity index (χ3n) is 3.59. The van der Waals surface area contributed by atoms with Gasteiger partial charge in [0.15, 0.2) is 0 Å². The monoisotopic (exact) mass is 238 g/mol. The highest BCUT2D eigenvalue weighted by Gasteiger charge is 2.19. The summed E-state index contributed by atoms with van der Waals surface area (Å²) in [4.78, 5) is 2.35.